The summed E-state index contributed by atoms with van der Waals surface area (Å²) in [5, 5.41) is 45.6. The third-order valence-electron chi connectivity index (χ3n) is 6.50. The van der Waals surface area contributed by atoms with Crippen molar-refractivity contribution in [3.05, 3.63) is 115 Å². The zero-order valence-corrected chi connectivity index (χ0v) is 24.8. The van der Waals surface area contributed by atoms with Crippen LogP contribution in [0, 0.1) is 20.2 Å². The smallest absolute Gasteiger partial charge is 0.355 e. The average Bonchev–Trinajstić information content (AvgIpc) is 3.01. The normalized spacial score (nSPS) is 10.9. The molecule has 0 aliphatic heterocycles. The van der Waals surface area contributed by atoms with Crippen LogP contribution in [0.2, 0.25) is 0 Å². The number of rotatable bonds is 10. The van der Waals surface area contributed by atoms with Crippen molar-refractivity contribution >= 4 is 44.7 Å². The maximum atomic E-state index is 14.4. The second kappa shape index (κ2) is 12.9. The molecule has 240 valence electrons. The monoisotopic (exact) mass is 664 g/mol. The number of nitro groups is 2. The summed E-state index contributed by atoms with van der Waals surface area (Å²) in [5.74, 6) is -10.5. The summed E-state index contributed by atoms with van der Waals surface area (Å²) in [6, 6.07) is 14.2. The van der Waals surface area contributed by atoms with Gasteiger partial charge < -0.3 is 19.7 Å². The van der Waals surface area contributed by atoms with E-state index in [2.05, 4.69) is 0 Å². The Morgan fingerprint density at radius 3 is 1.23 bits per heavy atom. The number of ether oxygens (including phenoxy) is 2. The van der Waals surface area contributed by atoms with Crippen molar-refractivity contribution in [1.29, 1.82) is 0 Å². The number of aromatic hydroxyl groups is 2. The highest BCUT2D eigenvalue weighted by atomic mass is 32.2. The molecule has 2 N–H and O–H groups in total. The van der Waals surface area contributed by atoms with Crippen LogP contribution < -0.4 is 9.47 Å². The maximum absolute atomic E-state index is 14.4. The molecule has 4 aromatic carbocycles. The number of carbonyl (C=O) groups excluding carboxylic acids is 4. The number of Topliss-reactive ketones (excluding diaryl/α,β-unsaturated/α-hetero) is 2. The lowest BCUT2D eigenvalue weighted by Crippen LogP contribution is -2.17. The molecule has 0 fully saturated rings. The molecule has 0 aliphatic rings. The molecular weight excluding hydrogens is 644 g/mol. The van der Waals surface area contributed by atoms with Gasteiger partial charge >= 0.3 is 23.3 Å². The molecule has 0 spiro atoms. The number of nitrogens with zero attached hydrogens (tertiary/aromatic N) is 2. The Bertz CT molecular complexity index is 1970. The Morgan fingerprint density at radius 1 is 0.638 bits per heavy atom. The highest BCUT2D eigenvalue weighted by molar-refractivity contribution is 7.91. The Kier molecular flexibility index (Phi) is 9.14. The van der Waals surface area contributed by atoms with Gasteiger partial charge in [-0.05, 0) is 50.2 Å². The Morgan fingerprint density at radius 2 is 0.957 bits per heavy atom. The van der Waals surface area contributed by atoms with E-state index in [-0.39, 0.29) is 11.1 Å². The number of carbonyl (C=O) groups is 4. The number of sulfone groups is 1. The van der Waals surface area contributed by atoms with Crippen LogP contribution in [0.25, 0.3) is 0 Å². The fourth-order valence-electron chi connectivity index (χ4n) is 4.28. The molecule has 0 heterocycles. The van der Waals surface area contributed by atoms with Crippen LogP contribution in [0.4, 0.5) is 11.4 Å². The molecule has 0 saturated carbocycles. The number of nitro benzene ring substituents is 2. The first-order chi connectivity index (χ1) is 22.1. The van der Waals surface area contributed by atoms with E-state index in [4.69, 9.17) is 9.47 Å². The molecule has 0 radical (unpaired) electrons. The Hall–Kier alpha value is -6.49. The van der Waals surface area contributed by atoms with Crippen molar-refractivity contribution in [3.63, 3.8) is 0 Å². The number of phenols is 2. The highest BCUT2D eigenvalue weighted by Crippen LogP contribution is 2.50. The second-order valence-corrected chi connectivity index (χ2v) is 11.4. The first kappa shape index (κ1) is 33.4. The van der Waals surface area contributed by atoms with Gasteiger partial charge in [-0.3, -0.25) is 29.8 Å². The molecule has 0 aromatic heterocycles. The minimum absolute atomic E-state index is 0.239. The lowest BCUT2D eigenvalue weighted by Gasteiger charge is -2.17. The van der Waals surface area contributed by atoms with Crippen molar-refractivity contribution in [3.8, 4) is 23.0 Å². The van der Waals surface area contributed by atoms with Crippen molar-refractivity contribution in [2.75, 3.05) is 0 Å². The first-order valence-corrected chi connectivity index (χ1v) is 14.5. The second-order valence-electron chi connectivity index (χ2n) is 9.54. The van der Waals surface area contributed by atoms with E-state index < -0.39 is 98.5 Å². The van der Waals surface area contributed by atoms with E-state index in [0.717, 1.165) is 13.8 Å². The summed E-state index contributed by atoms with van der Waals surface area (Å²) in [6.45, 7) is 1.63. The van der Waals surface area contributed by atoms with E-state index in [9.17, 15) is 58.0 Å². The third-order valence-corrected chi connectivity index (χ3v) is 8.26. The van der Waals surface area contributed by atoms with E-state index in [1.165, 1.54) is 60.7 Å². The van der Waals surface area contributed by atoms with E-state index in [0.29, 0.717) is 12.1 Å². The van der Waals surface area contributed by atoms with Gasteiger partial charge in [-0.15, -0.1) is 0 Å². The Balaban J connectivity index is 2.14. The molecule has 0 saturated heterocycles. The summed E-state index contributed by atoms with van der Waals surface area (Å²) in [7, 11) is -5.60. The van der Waals surface area contributed by atoms with E-state index in [1.54, 1.807) is 0 Å². The summed E-state index contributed by atoms with van der Waals surface area (Å²) in [6.07, 6.45) is 0. The predicted molar refractivity (Wildman–Crippen MR) is 158 cm³/mol. The van der Waals surface area contributed by atoms with Crippen LogP contribution >= 0.6 is 0 Å². The van der Waals surface area contributed by atoms with Gasteiger partial charge in [0.25, 0.3) is 0 Å². The van der Waals surface area contributed by atoms with Gasteiger partial charge in [0.1, 0.15) is 9.79 Å². The quantitative estimate of drug-likeness (QED) is 0.0774. The third kappa shape index (κ3) is 6.36. The van der Waals surface area contributed by atoms with Gasteiger partial charge in [-0.1, -0.05) is 36.4 Å². The first-order valence-electron chi connectivity index (χ1n) is 13.0. The van der Waals surface area contributed by atoms with Gasteiger partial charge in [-0.25, -0.2) is 18.0 Å². The van der Waals surface area contributed by atoms with Gasteiger partial charge in [0.15, 0.2) is 11.6 Å². The summed E-state index contributed by atoms with van der Waals surface area (Å²) < 4.78 is 39.1. The minimum atomic E-state index is -5.60. The number of esters is 2. The van der Waals surface area contributed by atoms with Crippen LogP contribution in [-0.4, -0.2) is 52.0 Å². The molecule has 4 aromatic rings. The summed E-state index contributed by atoms with van der Waals surface area (Å²) in [5.41, 5.74) is -5.48. The van der Waals surface area contributed by atoms with Gasteiger partial charge in [0.2, 0.25) is 32.8 Å². The molecule has 0 unspecified atom stereocenters. The lowest BCUT2D eigenvalue weighted by atomic mass is 10.1. The number of ketones is 2. The maximum Gasteiger partial charge on any atom is 0.355 e. The molecular formula is C30H20N2O14S. The zero-order chi connectivity index (χ0) is 34.8. The largest absolute Gasteiger partial charge is 0.501 e. The SMILES string of the molecule is CC(=O)c1cc(S(=O)(=O)c2cc(C(C)=O)c(O)c([N+](=O)[O-])c2OC(=O)c2ccccc2)c(OC(=O)c2ccccc2)c([N+](=O)[O-])c1O. The molecule has 0 atom stereocenters. The van der Waals surface area contributed by atoms with Crippen molar-refractivity contribution in [1.82, 2.24) is 0 Å². The van der Waals surface area contributed by atoms with Gasteiger partial charge in [0, 0.05) is 0 Å². The zero-order valence-electron chi connectivity index (χ0n) is 24.0. The molecule has 0 aliphatic carbocycles. The standard InChI is InChI=1S/C30H20N2O14S/c1-15(33)19-13-21(27(23(25(19)35)31(39)40)45-29(37)17-9-5-3-6-10-17)47(43,44)22-14-20(16(2)34)26(36)24(32(41)42)28(22)46-30(38)18-11-7-4-8-12-18/h3-14,35-36H,1-2H3. The van der Waals surface area contributed by atoms with E-state index in [1.807, 2.05) is 0 Å². The number of benzene rings is 4. The molecule has 4 rings (SSSR count). The van der Waals surface area contributed by atoms with Crippen LogP contribution in [0.3, 0.4) is 0 Å². The fraction of sp³-hybridized carbons (Fsp3) is 0.0667. The van der Waals surface area contributed by atoms with Gasteiger partial charge in [-0.2, -0.15) is 0 Å². The summed E-state index contributed by atoms with van der Waals surface area (Å²) >= 11 is 0. The van der Waals surface area contributed by atoms with Gasteiger partial charge in [0.05, 0.1) is 32.1 Å². The molecule has 17 heteroatoms. The molecule has 16 nitrogen and oxygen atoms in total. The van der Waals surface area contributed by atoms with Crippen LogP contribution in [-0.2, 0) is 9.84 Å². The number of phenolic OH excluding ortho intramolecular Hbond substituents is 2. The van der Waals surface area contributed by atoms with Crippen LogP contribution in [0.15, 0.2) is 82.6 Å². The molecule has 47 heavy (non-hydrogen) atoms. The van der Waals surface area contributed by atoms with Crippen molar-refractivity contribution in [2.24, 2.45) is 0 Å². The topological polar surface area (TPSA) is 248 Å². The molecule has 0 amide bonds. The fourth-order valence-corrected chi connectivity index (χ4v) is 5.82. The lowest BCUT2D eigenvalue weighted by molar-refractivity contribution is -0.386. The van der Waals surface area contributed by atoms with Crippen LogP contribution in [0.1, 0.15) is 55.3 Å². The van der Waals surface area contributed by atoms with E-state index >= 15 is 0 Å². The highest BCUT2D eigenvalue weighted by Gasteiger charge is 2.42. The number of hydrogen-bond donors (Lipinski definition) is 2. The minimum Gasteiger partial charge on any atom is -0.501 e. The predicted octanol–water partition coefficient (Wildman–Crippen LogP) is 4.59. The van der Waals surface area contributed by atoms with Crippen molar-refractivity contribution < 1.29 is 57.1 Å². The van der Waals surface area contributed by atoms with Crippen LogP contribution in [0.5, 0.6) is 23.0 Å². The number of hydrogen-bond acceptors (Lipinski definition) is 14. The Labute approximate surface area is 263 Å². The average molecular weight is 665 g/mol. The molecule has 0 bridgehead atoms. The summed E-state index contributed by atoms with van der Waals surface area (Å²) in [4.78, 5) is 69.7. The van der Waals surface area contributed by atoms with Crippen molar-refractivity contribution in [2.45, 2.75) is 23.6 Å².